The zero-order valence-electron chi connectivity index (χ0n) is 12.7. The molecule has 0 aromatic heterocycles. The van der Waals surface area contributed by atoms with E-state index in [0.717, 1.165) is 37.9 Å². The number of hydrogen-bond donors (Lipinski definition) is 1. The van der Waals surface area contributed by atoms with Gasteiger partial charge in [0.2, 0.25) is 5.91 Å². The van der Waals surface area contributed by atoms with Crippen molar-refractivity contribution in [2.45, 2.75) is 30.7 Å². The molecule has 0 unspecified atom stereocenters. The van der Waals surface area contributed by atoms with Crippen molar-refractivity contribution in [2.75, 3.05) is 33.4 Å². The van der Waals surface area contributed by atoms with Crippen molar-refractivity contribution in [1.29, 1.82) is 0 Å². The number of nitrogens with zero attached hydrogens (tertiary/aromatic N) is 1. The lowest BCUT2D eigenvalue weighted by Gasteiger charge is -2.41. The number of rotatable bonds is 4. The van der Waals surface area contributed by atoms with Crippen LogP contribution in [0.3, 0.4) is 0 Å². The van der Waals surface area contributed by atoms with E-state index in [1.54, 1.807) is 7.11 Å². The SMILES string of the molecule is COCCN1C(=O)[C@@H](c2ccccc2)CC12CCNCC2. The number of amides is 1. The Kier molecular flexibility index (Phi) is 4.27. The zero-order valence-corrected chi connectivity index (χ0v) is 12.7. The van der Waals surface area contributed by atoms with E-state index in [1.165, 1.54) is 0 Å². The first kappa shape index (κ1) is 14.5. The van der Waals surface area contributed by atoms with Crippen molar-refractivity contribution in [3.8, 4) is 0 Å². The second-order valence-electron chi connectivity index (χ2n) is 6.12. The summed E-state index contributed by atoms with van der Waals surface area (Å²) in [5.74, 6) is 0.293. The predicted octanol–water partition coefficient (Wildman–Crippen LogP) is 1.77. The monoisotopic (exact) mass is 288 g/mol. The van der Waals surface area contributed by atoms with Crippen LogP contribution in [0.25, 0.3) is 0 Å². The van der Waals surface area contributed by atoms with Crippen LogP contribution in [0.1, 0.15) is 30.7 Å². The lowest BCUT2D eigenvalue weighted by atomic mass is 9.82. The fourth-order valence-electron chi connectivity index (χ4n) is 3.84. The van der Waals surface area contributed by atoms with Gasteiger partial charge in [0.15, 0.2) is 0 Å². The van der Waals surface area contributed by atoms with E-state index < -0.39 is 0 Å². The first-order chi connectivity index (χ1) is 10.3. The summed E-state index contributed by atoms with van der Waals surface area (Å²) in [4.78, 5) is 15.0. The maximum absolute atomic E-state index is 12.9. The van der Waals surface area contributed by atoms with Crippen molar-refractivity contribution in [3.05, 3.63) is 35.9 Å². The molecule has 1 spiro atoms. The minimum atomic E-state index is 0.0150. The van der Waals surface area contributed by atoms with Crippen LogP contribution in [-0.2, 0) is 9.53 Å². The van der Waals surface area contributed by atoms with Crippen LogP contribution in [-0.4, -0.2) is 49.7 Å². The molecular weight excluding hydrogens is 264 g/mol. The average molecular weight is 288 g/mol. The van der Waals surface area contributed by atoms with Gasteiger partial charge in [-0.25, -0.2) is 0 Å². The third-order valence-electron chi connectivity index (χ3n) is 4.98. The van der Waals surface area contributed by atoms with E-state index in [0.29, 0.717) is 13.2 Å². The Bertz CT molecular complexity index is 483. The second-order valence-corrected chi connectivity index (χ2v) is 6.12. The normalized spacial score (nSPS) is 24.7. The third kappa shape index (κ3) is 2.70. The van der Waals surface area contributed by atoms with Crippen molar-refractivity contribution >= 4 is 5.91 Å². The fraction of sp³-hybridized carbons (Fsp3) is 0.588. The van der Waals surface area contributed by atoms with Gasteiger partial charge in [0.25, 0.3) is 0 Å². The molecule has 4 heteroatoms. The van der Waals surface area contributed by atoms with Gasteiger partial charge in [-0.2, -0.15) is 0 Å². The number of methoxy groups -OCH3 is 1. The number of benzene rings is 1. The standard InChI is InChI=1S/C17H24N2O2/c1-21-12-11-19-16(20)15(14-5-3-2-4-6-14)13-17(19)7-9-18-10-8-17/h2-6,15,18H,7-13H2,1H3/t15-/m1/s1. The van der Waals surface area contributed by atoms with Crippen LogP contribution in [0.4, 0.5) is 0 Å². The highest BCUT2D eigenvalue weighted by molar-refractivity contribution is 5.87. The molecular formula is C17H24N2O2. The molecule has 1 aromatic rings. The quantitative estimate of drug-likeness (QED) is 0.918. The van der Waals surface area contributed by atoms with Crippen LogP contribution >= 0.6 is 0 Å². The van der Waals surface area contributed by atoms with E-state index in [4.69, 9.17) is 4.74 Å². The van der Waals surface area contributed by atoms with Crippen molar-refractivity contribution < 1.29 is 9.53 Å². The summed E-state index contributed by atoms with van der Waals surface area (Å²) in [5, 5.41) is 3.41. The highest BCUT2D eigenvalue weighted by Crippen LogP contribution is 2.44. The number of likely N-dealkylation sites (tertiary alicyclic amines) is 1. The van der Waals surface area contributed by atoms with Crippen molar-refractivity contribution in [1.82, 2.24) is 10.2 Å². The Morgan fingerprint density at radius 1 is 1.29 bits per heavy atom. The smallest absolute Gasteiger partial charge is 0.230 e. The van der Waals surface area contributed by atoms with E-state index in [1.807, 2.05) is 18.2 Å². The van der Waals surface area contributed by atoms with Crippen LogP contribution in [0.2, 0.25) is 0 Å². The molecule has 3 rings (SSSR count). The highest BCUT2D eigenvalue weighted by atomic mass is 16.5. The molecule has 0 aliphatic carbocycles. The van der Waals surface area contributed by atoms with E-state index >= 15 is 0 Å². The summed E-state index contributed by atoms with van der Waals surface area (Å²) >= 11 is 0. The molecule has 2 aliphatic heterocycles. The van der Waals surface area contributed by atoms with Gasteiger partial charge in [0.1, 0.15) is 0 Å². The molecule has 1 amide bonds. The molecule has 21 heavy (non-hydrogen) atoms. The lowest BCUT2D eigenvalue weighted by molar-refractivity contribution is -0.133. The minimum Gasteiger partial charge on any atom is -0.383 e. The molecule has 2 heterocycles. The second kappa shape index (κ2) is 6.16. The van der Waals surface area contributed by atoms with Crippen molar-refractivity contribution in [2.24, 2.45) is 0 Å². The van der Waals surface area contributed by atoms with Crippen molar-refractivity contribution in [3.63, 3.8) is 0 Å². The van der Waals surface area contributed by atoms with Crippen LogP contribution in [0.5, 0.6) is 0 Å². The summed E-state index contributed by atoms with van der Waals surface area (Å²) in [6, 6.07) is 10.2. The Balaban J connectivity index is 1.87. The molecule has 2 fully saturated rings. The van der Waals surface area contributed by atoms with Crippen LogP contribution in [0.15, 0.2) is 30.3 Å². The maximum Gasteiger partial charge on any atom is 0.230 e. The Labute approximate surface area is 126 Å². The van der Waals surface area contributed by atoms with Gasteiger partial charge in [-0.05, 0) is 37.9 Å². The highest BCUT2D eigenvalue weighted by Gasteiger charge is 2.50. The number of piperidine rings is 1. The molecule has 0 saturated carbocycles. The molecule has 114 valence electrons. The van der Waals surface area contributed by atoms with Gasteiger partial charge < -0.3 is 15.0 Å². The van der Waals surface area contributed by atoms with Gasteiger partial charge in [-0.3, -0.25) is 4.79 Å². The number of ether oxygens (including phenoxy) is 1. The summed E-state index contributed by atoms with van der Waals surface area (Å²) in [7, 11) is 1.70. The summed E-state index contributed by atoms with van der Waals surface area (Å²) in [6.45, 7) is 3.32. The summed E-state index contributed by atoms with van der Waals surface area (Å²) < 4.78 is 5.22. The predicted molar refractivity (Wildman–Crippen MR) is 82.2 cm³/mol. The van der Waals surface area contributed by atoms with E-state index in [-0.39, 0.29) is 17.4 Å². The van der Waals surface area contributed by atoms with E-state index in [9.17, 15) is 4.79 Å². The van der Waals surface area contributed by atoms with Gasteiger partial charge in [0, 0.05) is 19.2 Å². The molecule has 4 nitrogen and oxygen atoms in total. The third-order valence-corrected chi connectivity index (χ3v) is 4.98. The topological polar surface area (TPSA) is 41.6 Å². The van der Waals surface area contributed by atoms with Gasteiger partial charge >= 0.3 is 0 Å². The van der Waals surface area contributed by atoms with Gasteiger partial charge in [-0.15, -0.1) is 0 Å². The minimum absolute atomic E-state index is 0.0150. The molecule has 0 bridgehead atoms. The number of nitrogens with one attached hydrogen (secondary N) is 1. The molecule has 1 N–H and O–H groups in total. The summed E-state index contributed by atoms with van der Waals surface area (Å²) in [5.41, 5.74) is 1.18. The van der Waals surface area contributed by atoms with Crippen LogP contribution < -0.4 is 5.32 Å². The number of hydrogen-bond acceptors (Lipinski definition) is 3. The fourth-order valence-corrected chi connectivity index (χ4v) is 3.84. The van der Waals surface area contributed by atoms with Gasteiger partial charge in [-0.1, -0.05) is 30.3 Å². The lowest BCUT2D eigenvalue weighted by Crippen LogP contribution is -2.53. The molecule has 1 aromatic carbocycles. The zero-order chi connectivity index (χ0) is 14.7. The van der Waals surface area contributed by atoms with Crippen LogP contribution in [0, 0.1) is 0 Å². The number of carbonyl (C=O) groups excluding carboxylic acids is 1. The average Bonchev–Trinajstić information content (AvgIpc) is 2.79. The van der Waals surface area contributed by atoms with E-state index in [2.05, 4.69) is 22.3 Å². The first-order valence-corrected chi connectivity index (χ1v) is 7.83. The maximum atomic E-state index is 12.9. The Morgan fingerprint density at radius 3 is 2.67 bits per heavy atom. The molecule has 2 aliphatic rings. The molecule has 1 atom stereocenters. The number of carbonyl (C=O) groups is 1. The Morgan fingerprint density at radius 2 is 2.00 bits per heavy atom. The summed E-state index contributed by atoms with van der Waals surface area (Å²) in [6.07, 6.45) is 3.04. The molecule has 2 saturated heterocycles. The first-order valence-electron chi connectivity index (χ1n) is 7.83. The largest absolute Gasteiger partial charge is 0.383 e. The molecule has 0 radical (unpaired) electrons. The van der Waals surface area contributed by atoms with Gasteiger partial charge in [0.05, 0.1) is 12.5 Å². The Hall–Kier alpha value is -1.39.